The van der Waals surface area contributed by atoms with Crippen LogP contribution in [-0.2, 0) is 16.0 Å². The number of aryl methyl sites for hydroxylation is 1. The number of ketones is 1. The molecular weight excluding hydrogens is 345 g/mol. The molecule has 0 atom stereocenters. The third-order valence-electron chi connectivity index (χ3n) is 4.27. The number of pyridine rings is 1. The van der Waals surface area contributed by atoms with Crippen molar-refractivity contribution >= 4 is 22.7 Å². The molecule has 138 valence electrons. The number of fused-ring (bicyclic) bond motifs is 1. The molecule has 0 unspecified atom stereocenters. The molecule has 0 amide bonds. The zero-order valence-corrected chi connectivity index (χ0v) is 15.3. The van der Waals surface area contributed by atoms with E-state index in [2.05, 4.69) is 4.98 Å². The summed E-state index contributed by atoms with van der Waals surface area (Å²) in [5.74, 6) is -0.853. The first kappa shape index (κ1) is 18.7. The van der Waals surface area contributed by atoms with E-state index in [0.29, 0.717) is 35.4 Å². The molecule has 0 N–H and O–H groups in total. The molecule has 0 aliphatic heterocycles. The number of aromatic nitrogens is 1. The lowest BCUT2D eigenvalue weighted by molar-refractivity contribution is -0.143. The lowest BCUT2D eigenvalue weighted by atomic mass is 9.96. The van der Waals surface area contributed by atoms with Crippen LogP contribution in [0.15, 0.2) is 48.5 Å². The SMILES string of the molecule is CCOC(=O)CCc1cc(F)cc(-c2cc(C(C)=O)nc3ccccc23)c1. The van der Waals surface area contributed by atoms with Gasteiger partial charge in [0.15, 0.2) is 5.78 Å². The van der Waals surface area contributed by atoms with Crippen molar-refractivity contribution in [3.8, 4) is 11.1 Å². The van der Waals surface area contributed by atoms with Gasteiger partial charge in [0.1, 0.15) is 11.5 Å². The fraction of sp³-hybridized carbons (Fsp3) is 0.227. The van der Waals surface area contributed by atoms with Gasteiger partial charge in [-0.05, 0) is 54.3 Å². The first-order valence-electron chi connectivity index (χ1n) is 8.84. The van der Waals surface area contributed by atoms with Crippen molar-refractivity contribution in [2.75, 3.05) is 6.61 Å². The molecule has 0 spiro atoms. The Hall–Kier alpha value is -3.08. The highest BCUT2D eigenvalue weighted by atomic mass is 19.1. The first-order chi connectivity index (χ1) is 13.0. The van der Waals surface area contributed by atoms with Crippen LogP contribution in [0.5, 0.6) is 0 Å². The predicted octanol–water partition coefficient (Wildman–Crippen LogP) is 4.74. The number of esters is 1. The van der Waals surface area contributed by atoms with Crippen LogP contribution in [0.3, 0.4) is 0 Å². The summed E-state index contributed by atoms with van der Waals surface area (Å²) in [5, 5.41) is 0.837. The molecule has 2 aromatic carbocycles. The van der Waals surface area contributed by atoms with Gasteiger partial charge in [0.05, 0.1) is 12.1 Å². The molecule has 0 aliphatic rings. The van der Waals surface area contributed by atoms with Crippen molar-refractivity contribution in [1.29, 1.82) is 0 Å². The highest BCUT2D eigenvalue weighted by molar-refractivity contribution is 6.01. The minimum absolute atomic E-state index is 0.152. The molecule has 0 aliphatic carbocycles. The number of benzene rings is 2. The zero-order chi connectivity index (χ0) is 19.4. The Bertz CT molecular complexity index is 1010. The third-order valence-corrected chi connectivity index (χ3v) is 4.27. The molecule has 3 aromatic rings. The van der Waals surface area contributed by atoms with E-state index in [1.807, 2.05) is 30.3 Å². The topological polar surface area (TPSA) is 56.3 Å². The average molecular weight is 365 g/mol. The molecular formula is C22H20FNO3. The molecule has 4 nitrogen and oxygen atoms in total. The molecule has 0 bridgehead atoms. The Morgan fingerprint density at radius 3 is 2.63 bits per heavy atom. The number of rotatable bonds is 6. The smallest absolute Gasteiger partial charge is 0.306 e. The van der Waals surface area contributed by atoms with E-state index in [0.717, 1.165) is 10.9 Å². The Labute approximate surface area is 157 Å². The number of ether oxygens (including phenoxy) is 1. The van der Waals surface area contributed by atoms with Gasteiger partial charge in [-0.3, -0.25) is 9.59 Å². The number of halogens is 1. The Morgan fingerprint density at radius 1 is 1.11 bits per heavy atom. The number of hydrogen-bond acceptors (Lipinski definition) is 4. The van der Waals surface area contributed by atoms with E-state index in [4.69, 9.17) is 4.74 Å². The van der Waals surface area contributed by atoms with E-state index in [1.165, 1.54) is 19.1 Å². The maximum atomic E-state index is 14.2. The summed E-state index contributed by atoms with van der Waals surface area (Å²) in [6, 6.07) is 13.8. The summed E-state index contributed by atoms with van der Waals surface area (Å²) in [6.45, 7) is 3.53. The second-order valence-corrected chi connectivity index (χ2v) is 6.28. The van der Waals surface area contributed by atoms with Crippen molar-refractivity contribution in [2.24, 2.45) is 0 Å². The zero-order valence-electron chi connectivity index (χ0n) is 15.3. The van der Waals surface area contributed by atoms with Gasteiger partial charge in [-0.25, -0.2) is 9.37 Å². The quantitative estimate of drug-likeness (QED) is 0.468. The van der Waals surface area contributed by atoms with Crippen LogP contribution in [0.1, 0.15) is 36.3 Å². The Morgan fingerprint density at radius 2 is 1.89 bits per heavy atom. The maximum Gasteiger partial charge on any atom is 0.306 e. The molecule has 0 fully saturated rings. The molecule has 1 heterocycles. The lowest BCUT2D eigenvalue weighted by Crippen LogP contribution is -2.05. The second kappa shape index (κ2) is 8.08. The van der Waals surface area contributed by atoms with Crippen LogP contribution in [0, 0.1) is 5.82 Å². The van der Waals surface area contributed by atoms with Gasteiger partial charge in [0, 0.05) is 18.7 Å². The molecule has 0 saturated carbocycles. The Balaban J connectivity index is 2.05. The summed E-state index contributed by atoms with van der Waals surface area (Å²) < 4.78 is 19.2. The van der Waals surface area contributed by atoms with Gasteiger partial charge in [0.2, 0.25) is 0 Å². The lowest BCUT2D eigenvalue weighted by Gasteiger charge is -2.11. The van der Waals surface area contributed by atoms with E-state index in [-0.39, 0.29) is 18.2 Å². The summed E-state index contributed by atoms with van der Waals surface area (Å²) in [7, 11) is 0. The van der Waals surface area contributed by atoms with Crippen LogP contribution in [0.2, 0.25) is 0 Å². The van der Waals surface area contributed by atoms with E-state index in [9.17, 15) is 14.0 Å². The van der Waals surface area contributed by atoms with Crippen LogP contribution < -0.4 is 0 Å². The normalized spacial score (nSPS) is 10.8. The molecule has 27 heavy (non-hydrogen) atoms. The minimum atomic E-state index is -0.392. The van der Waals surface area contributed by atoms with Gasteiger partial charge in [-0.2, -0.15) is 0 Å². The van der Waals surface area contributed by atoms with Crippen molar-refractivity contribution in [1.82, 2.24) is 4.98 Å². The van der Waals surface area contributed by atoms with Crippen molar-refractivity contribution in [3.05, 3.63) is 65.6 Å². The van der Waals surface area contributed by atoms with Crippen molar-refractivity contribution in [3.63, 3.8) is 0 Å². The number of Topliss-reactive ketones (excluding diaryl/α,β-unsaturated/α-hetero) is 1. The van der Waals surface area contributed by atoms with E-state index in [1.54, 1.807) is 13.0 Å². The molecule has 5 heteroatoms. The molecule has 0 saturated heterocycles. The van der Waals surface area contributed by atoms with Crippen LogP contribution in [0.25, 0.3) is 22.0 Å². The van der Waals surface area contributed by atoms with E-state index < -0.39 is 5.82 Å². The number of carbonyl (C=O) groups excluding carboxylic acids is 2. The first-order valence-corrected chi connectivity index (χ1v) is 8.84. The van der Waals surface area contributed by atoms with Gasteiger partial charge >= 0.3 is 5.97 Å². The highest BCUT2D eigenvalue weighted by Gasteiger charge is 2.13. The minimum Gasteiger partial charge on any atom is -0.466 e. The average Bonchev–Trinajstić information content (AvgIpc) is 2.65. The third kappa shape index (κ3) is 4.37. The van der Waals surface area contributed by atoms with Crippen LogP contribution in [0.4, 0.5) is 4.39 Å². The second-order valence-electron chi connectivity index (χ2n) is 6.28. The molecule has 0 radical (unpaired) electrons. The standard InChI is InChI=1S/C22H20FNO3/c1-3-27-22(26)9-8-15-10-16(12-17(23)11-15)19-13-21(14(2)25)24-20-7-5-4-6-18(19)20/h4-7,10-13H,3,8-9H2,1-2H3. The fourth-order valence-electron chi connectivity index (χ4n) is 3.02. The summed E-state index contributed by atoms with van der Waals surface area (Å²) >= 11 is 0. The fourth-order valence-corrected chi connectivity index (χ4v) is 3.02. The van der Waals surface area contributed by atoms with Gasteiger partial charge in [-0.15, -0.1) is 0 Å². The number of hydrogen-bond donors (Lipinski definition) is 0. The molecule has 3 rings (SSSR count). The van der Waals surface area contributed by atoms with Gasteiger partial charge < -0.3 is 4.74 Å². The van der Waals surface area contributed by atoms with Crippen LogP contribution >= 0.6 is 0 Å². The van der Waals surface area contributed by atoms with Gasteiger partial charge in [0.25, 0.3) is 0 Å². The highest BCUT2D eigenvalue weighted by Crippen LogP contribution is 2.30. The molecule has 1 aromatic heterocycles. The van der Waals surface area contributed by atoms with Gasteiger partial charge in [-0.1, -0.05) is 24.3 Å². The summed E-state index contributed by atoms with van der Waals surface area (Å²) in [6.07, 6.45) is 0.568. The predicted molar refractivity (Wildman–Crippen MR) is 102 cm³/mol. The largest absolute Gasteiger partial charge is 0.466 e. The van der Waals surface area contributed by atoms with E-state index >= 15 is 0 Å². The summed E-state index contributed by atoms with van der Waals surface area (Å²) in [4.78, 5) is 27.8. The summed E-state index contributed by atoms with van der Waals surface area (Å²) in [5.41, 5.74) is 3.10. The van der Waals surface area contributed by atoms with Crippen molar-refractivity contribution in [2.45, 2.75) is 26.7 Å². The Kier molecular flexibility index (Phi) is 5.60. The van der Waals surface area contributed by atoms with Crippen LogP contribution in [-0.4, -0.2) is 23.3 Å². The monoisotopic (exact) mass is 365 g/mol. The van der Waals surface area contributed by atoms with Crippen molar-refractivity contribution < 1.29 is 18.7 Å². The number of carbonyl (C=O) groups is 2. The maximum absolute atomic E-state index is 14.2. The number of nitrogens with zero attached hydrogens (tertiary/aromatic N) is 1. The number of para-hydroxylation sites is 1.